The van der Waals surface area contributed by atoms with Gasteiger partial charge in [-0.3, -0.25) is 13.8 Å². The topological polar surface area (TPSA) is 72.8 Å². The van der Waals surface area contributed by atoms with E-state index in [2.05, 4.69) is 0 Å². The molecule has 6 heteroatoms. The summed E-state index contributed by atoms with van der Waals surface area (Å²) in [5.41, 5.74) is 0. The van der Waals surface area contributed by atoms with Crippen LogP contribution >= 0.6 is 7.82 Å². The minimum Gasteiger partial charge on any atom is -0.302 e. The third-order valence-electron chi connectivity index (χ3n) is 4.46. The Labute approximate surface area is 147 Å². The van der Waals surface area contributed by atoms with Crippen LogP contribution in [0.2, 0.25) is 0 Å². The maximum Gasteiger partial charge on any atom is 0.472 e. The van der Waals surface area contributed by atoms with Crippen molar-refractivity contribution in [2.24, 2.45) is 0 Å². The standard InChI is InChI=1S/C18H35O5P/c19-18-14-10-6-4-2-1-3-5-8-12-16-22-24(20,21)23-17-13-9-7-11-15-18/h1-17H2,(H,20,21). The summed E-state index contributed by atoms with van der Waals surface area (Å²) in [5.74, 6) is 0.380. The smallest absolute Gasteiger partial charge is 0.302 e. The van der Waals surface area contributed by atoms with Gasteiger partial charge in [0.15, 0.2) is 0 Å². The predicted molar refractivity (Wildman–Crippen MR) is 96.0 cm³/mol. The molecular formula is C18H35O5P. The molecule has 0 spiro atoms. The molecule has 0 aromatic rings. The van der Waals surface area contributed by atoms with Crippen LogP contribution in [0.4, 0.5) is 0 Å². The van der Waals surface area contributed by atoms with Gasteiger partial charge in [-0.05, 0) is 25.7 Å². The summed E-state index contributed by atoms with van der Waals surface area (Å²) in [6, 6.07) is 0. The number of hydrogen-bond donors (Lipinski definition) is 1. The largest absolute Gasteiger partial charge is 0.472 e. The van der Waals surface area contributed by atoms with Crippen LogP contribution in [0.1, 0.15) is 96.3 Å². The minimum absolute atomic E-state index is 0.238. The maximum absolute atomic E-state index is 11.8. The summed E-state index contributed by atoms with van der Waals surface area (Å²) in [4.78, 5) is 21.3. The van der Waals surface area contributed by atoms with E-state index in [9.17, 15) is 14.3 Å². The lowest BCUT2D eigenvalue weighted by Gasteiger charge is -2.12. The zero-order valence-electron chi connectivity index (χ0n) is 15.0. The van der Waals surface area contributed by atoms with Crippen molar-refractivity contribution in [3.8, 4) is 0 Å². The van der Waals surface area contributed by atoms with Crippen LogP contribution in [0.15, 0.2) is 0 Å². The lowest BCUT2D eigenvalue weighted by atomic mass is 10.0. The van der Waals surface area contributed by atoms with Gasteiger partial charge in [-0.2, -0.15) is 0 Å². The van der Waals surface area contributed by atoms with E-state index < -0.39 is 7.82 Å². The third kappa shape index (κ3) is 13.1. The second-order valence-corrected chi connectivity index (χ2v) is 8.22. The van der Waals surface area contributed by atoms with Gasteiger partial charge in [-0.15, -0.1) is 0 Å². The van der Waals surface area contributed by atoms with Gasteiger partial charge in [-0.25, -0.2) is 4.57 Å². The summed E-state index contributed by atoms with van der Waals surface area (Å²) in [6.07, 6.45) is 15.0. The Balaban J connectivity index is 2.25. The molecule has 0 aromatic heterocycles. The minimum atomic E-state index is -3.88. The van der Waals surface area contributed by atoms with Gasteiger partial charge in [0.2, 0.25) is 0 Å². The molecule has 1 heterocycles. The van der Waals surface area contributed by atoms with Crippen LogP contribution < -0.4 is 0 Å². The van der Waals surface area contributed by atoms with Crippen molar-refractivity contribution in [2.75, 3.05) is 13.2 Å². The molecule has 0 aromatic carbocycles. The highest BCUT2D eigenvalue weighted by Crippen LogP contribution is 2.43. The molecule has 1 N–H and O–H groups in total. The highest BCUT2D eigenvalue weighted by atomic mass is 31.2. The fourth-order valence-corrected chi connectivity index (χ4v) is 3.76. The Bertz CT molecular complexity index is 372. The van der Waals surface area contributed by atoms with Crippen molar-refractivity contribution >= 4 is 13.6 Å². The van der Waals surface area contributed by atoms with E-state index in [0.29, 0.717) is 12.2 Å². The van der Waals surface area contributed by atoms with Crippen LogP contribution in [0.25, 0.3) is 0 Å². The van der Waals surface area contributed by atoms with Crippen LogP contribution in [0.3, 0.4) is 0 Å². The van der Waals surface area contributed by atoms with Crippen molar-refractivity contribution in [1.29, 1.82) is 0 Å². The monoisotopic (exact) mass is 362 g/mol. The van der Waals surface area contributed by atoms with Crippen molar-refractivity contribution in [3.05, 3.63) is 0 Å². The molecule has 1 rings (SSSR count). The highest BCUT2D eigenvalue weighted by Gasteiger charge is 2.19. The molecule has 5 nitrogen and oxygen atoms in total. The predicted octanol–water partition coefficient (Wildman–Crippen LogP) is 5.55. The number of carbonyl (C=O) groups is 1. The van der Waals surface area contributed by atoms with E-state index in [0.717, 1.165) is 57.8 Å². The van der Waals surface area contributed by atoms with Gasteiger partial charge in [0.25, 0.3) is 0 Å². The first-order chi connectivity index (χ1) is 11.6. The first-order valence-electron chi connectivity index (χ1n) is 9.74. The molecule has 0 amide bonds. The van der Waals surface area contributed by atoms with E-state index in [1.165, 1.54) is 32.1 Å². The van der Waals surface area contributed by atoms with Crippen molar-refractivity contribution in [1.82, 2.24) is 0 Å². The van der Waals surface area contributed by atoms with Gasteiger partial charge >= 0.3 is 7.82 Å². The summed E-state index contributed by atoms with van der Waals surface area (Å²) in [6.45, 7) is 0.525. The summed E-state index contributed by atoms with van der Waals surface area (Å²) in [7, 11) is -3.88. The highest BCUT2D eigenvalue weighted by molar-refractivity contribution is 7.47. The first kappa shape index (κ1) is 21.8. The molecule has 0 radical (unpaired) electrons. The molecule has 1 atom stereocenters. The van der Waals surface area contributed by atoms with Gasteiger partial charge in [0.05, 0.1) is 13.2 Å². The molecule has 0 bridgehead atoms. The van der Waals surface area contributed by atoms with Crippen molar-refractivity contribution in [3.63, 3.8) is 0 Å². The number of ketones is 1. The second-order valence-electron chi connectivity index (χ2n) is 6.77. The molecule has 1 aliphatic rings. The van der Waals surface area contributed by atoms with Crippen LogP contribution in [-0.4, -0.2) is 23.9 Å². The normalized spacial score (nSPS) is 28.8. The second kappa shape index (κ2) is 14.0. The molecule has 0 saturated carbocycles. The van der Waals surface area contributed by atoms with Crippen LogP contribution in [-0.2, 0) is 18.4 Å². The van der Waals surface area contributed by atoms with E-state index in [-0.39, 0.29) is 13.2 Å². The fourth-order valence-electron chi connectivity index (χ4n) is 2.96. The lowest BCUT2D eigenvalue weighted by Crippen LogP contribution is -2.00. The molecular weight excluding hydrogens is 327 g/mol. The average Bonchev–Trinajstić information content (AvgIpc) is 2.54. The van der Waals surface area contributed by atoms with Crippen molar-refractivity contribution < 1.29 is 23.3 Å². The van der Waals surface area contributed by atoms with Gasteiger partial charge in [0.1, 0.15) is 5.78 Å². The molecule has 0 aliphatic carbocycles. The molecule has 1 fully saturated rings. The van der Waals surface area contributed by atoms with E-state index >= 15 is 0 Å². The SMILES string of the molecule is O=C1CCCCCCCCCCCOP(=O)(O)OCCCCCC1. The Morgan fingerprint density at radius 2 is 0.958 bits per heavy atom. The Morgan fingerprint density at radius 3 is 1.38 bits per heavy atom. The average molecular weight is 362 g/mol. The zero-order chi connectivity index (χ0) is 17.5. The van der Waals surface area contributed by atoms with Crippen LogP contribution in [0.5, 0.6) is 0 Å². The molecule has 1 saturated heterocycles. The molecule has 1 unspecified atom stereocenters. The zero-order valence-corrected chi connectivity index (χ0v) is 15.9. The fraction of sp³-hybridized carbons (Fsp3) is 0.944. The summed E-state index contributed by atoms with van der Waals surface area (Å²) >= 11 is 0. The third-order valence-corrected chi connectivity index (χ3v) is 5.48. The number of carbonyl (C=O) groups excluding carboxylic acids is 1. The molecule has 1 aliphatic heterocycles. The lowest BCUT2D eigenvalue weighted by molar-refractivity contribution is -0.119. The quantitative estimate of drug-likeness (QED) is 0.572. The number of rotatable bonds is 0. The molecule has 24 heavy (non-hydrogen) atoms. The summed E-state index contributed by atoms with van der Waals surface area (Å²) < 4.78 is 21.6. The number of Topliss-reactive ketones (excluding diaryl/α,β-unsaturated/α-hetero) is 1. The first-order valence-corrected chi connectivity index (χ1v) is 11.2. The van der Waals surface area contributed by atoms with E-state index in [4.69, 9.17) is 9.05 Å². The molecule has 142 valence electrons. The van der Waals surface area contributed by atoms with Gasteiger partial charge in [0, 0.05) is 12.8 Å². The van der Waals surface area contributed by atoms with Crippen molar-refractivity contribution in [2.45, 2.75) is 96.3 Å². The van der Waals surface area contributed by atoms with E-state index in [1.807, 2.05) is 0 Å². The Hall–Kier alpha value is -0.220. The Morgan fingerprint density at radius 1 is 0.625 bits per heavy atom. The van der Waals surface area contributed by atoms with Gasteiger partial charge < -0.3 is 4.89 Å². The number of phosphoric ester groups is 1. The number of hydrogen-bond acceptors (Lipinski definition) is 4. The van der Waals surface area contributed by atoms with Gasteiger partial charge in [-0.1, -0.05) is 57.8 Å². The number of phosphoric acid groups is 1. The summed E-state index contributed by atoms with van der Waals surface area (Å²) in [5, 5.41) is 0. The Kier molecular flexibility index (Phi) is 12.7. The van der Waals surface area contributed by atoms with Crippen LogP contribution in [0, 0.1) is 0 Å². The maximum atomic E-state index is 11.8. The van der Waals surface area contributed by atoms with E-state index in [1.54, 1.807) is 0 Å².